The molecule has 1 unspecified atom stereocenters. The molecule has 0 spiro atoms. The van der Waals surface area contributed by atoms with Crippen molar-refractivity contribution < 1.29 is 9.84 Å². The van der Waals surface area contributed by atoms with Crippen molar-refractivity contribution in [2.24, 2.45) is 0 Å². The zero-order valence-corrected chi connectivity index (χ0v) is 14.8. The number of aliphatic hydroxyl groups excluding tert-OH is 1. The third kappa shape index (κ3) is 3.07. The van der Waals surface area contributed by atoms with Gasteiger partial charge in [0.25, 0.3) is 5.56 Å². The summed E-state index contributed by atoms with van der Waals surface area (Å²) < 4.78 is 6.69. The zero-order valence-electron chi connectivity index (χ0n) is 14.8. The van der Waals surface area contributed by atoms with E-state index in [4.69, 9.17) is 4.74 Å². The summed E-state index contributed by atoms with van der Waals surface area (Å²) in [6.07, 6.45) is -0.197. The number of hydrogen-bond acceptors (Lipinski definition) is 4. The molecule has 1 aromatic heterocycles. The maximum atomic E-state index is 13.0. The molecule has 0 saturated heterocycles. The molecule has 0 amide bonds. The van der Waals surface area contributed by atoms with Crippen LogP contribution in [0.5, 0.6) is 5.75 Å². The van der Waals surface area contributed by atoms with Gasteiger partial charge in [-0.25, -0.2) is 0 Å². The number of pyridine rings is 1. The molecular weight excluding hydrogens is 328 g/mol. The Morgan fingerprint density at radius 3 is 2.54 bits per heavy atom. The molecule has 0 fully saturated rings. The standard InChI is InChI=1S/C21H20N2O3/c1-3-15(24)13-23-19(12-22)20(14-7-5-4-6-8-14)18-11-16(26-2)9-10-17(18)21(23)25/h4-11,15,24H,3,13H2,1-2H3. The van der Waals surface area contributed by atoms with Gasteiger partial charge >= 0.3 is 0 Å². The highest BCUT2D eigenvalue weighted by Gasteiger charge is 2.20. The monoisotopic (exact) mass is 348 g/mol. The molecule has 0 aliphatic heterocycles. The molecule has 5 nitrogen and oxygen atoms in total. The van der Waals surface area contributed by atoms with E-state index in [2.05, 4.69) is 6.07 Å². The van der Waals surface area contributed by atoms with Gasteiger partial charge in [0.15, 0.2) is 0 Å². The minimum absolute atomic E-state index is 0.0834. The summed E-state index contributed by atoms with van der Waals surface area (Å²) >= 11 is 0. The normalized spacial score (nSPS) is 11.9. The van der Waals surface area contributed by atoms with E-state index in [1.165, 1.54) is 4.57 Å². The van der Waals surface area contributed by atoms with Crippen LogP contribution in [0.3, 0.4) is 0 Å². The van der Waals surface area contributed by atoms with E-state index in [1.807, 2.05) is 37.3 Å². The van der Waals surface area contributed by atoms with E-state index in [1.54, 1.807) is 25.3 Å². The number of nitrogens with zero attached hydrogens (tertiary/aromatic N) is 2. The van der Waals surface area contributed by atoms with Crippen LogP contribution in [0.25, 0.3) is 21.9 Å². The number of ether oxygens (including phenoxy) is 1. The van der Waals surface area contributed by atoms with Crippen LogP contribution in [-0.4, -0.2) is 22.9 Å². The summed E-state index contributed by atoms with van der Waals surface area (Å²) in [5.41, 5.74) is 1.47. The Morgan fingerprint density at radius 2 is 1.92 bits per heavy atom. The molecule has 26 heavy (non-hydrogen) atoms. The van der Waals surface area contributed by atoms with E-state index < -0.39 is 6.10 Å². The number of aliphatic hydroxyl groups is 1. The van der Waals surface area contributed by atoms with Crippen molar-refractivity contribution in [3.05, 3.63) is 64.6 Å². The second kappa shape index (κ2) is 7.42. The largest absolute Gasteiger partial charge is 0.497 e. The first kappa shape index (κ1) is 17.7. The molecule has 0 saturated carbocycles. The average molecular weight is 348 g/mol. The predicted molar refractivity (Wildman–Crippen MR) is 101 cm³/mol. The van der Waals surface area contributed by atoms with Gasteiger partial charge in [-0.15, -0.1) is 0 Å². The summed E-state index contributed by atoms with van der Waals surface area (Å²) in [7, 11) is 1.56. The van der Waals surface area contributed by atoms with Gasteiger partial charge in [0.2, 0.25) is 0 Å². The van der Waals surface area contributed by atoms with Gasteiger partial charge in [-0.2, -0.15) is 5.26 Å². The molecule has 132 valence electrons. The van der Waals surface area contributed by atoms with Crippen molar-refractivity contribution in [3.63, 3.8) is 0 Å². The van der Waals surface area contributed by atoms with Crippen molar-refractivity contribution in [3.8, 4) is 22.9 Å². The molecule has 5 heteroatoms. The van der Waals surface area contributed by atoms with Crippen molar-refractivity contribution in [2.45, 2.75) is 26.0 Å². The Labute approximate surface area is 151 Å². The quantitative estimate of drug-likeness (QED) is 0.767. The molecule has 2 aromatic carbocycles. The van der Waals surface area contributed by atoms with Crippen LogP contribution < -0.4 is 10.3 Å². The van der Waals surface area contributed by atoms with Crippen LogP contribution in [0.4, 0.5) is 0 Å². The Kier molecular flexibility index (Phi) is 5.06. The lowest BCUT2D eigenvalue weighted by Crippen LogP contribution is -2.29. The van der Waals surface area contributed by atoms with E-state index in [0.717, 1.165) is 5.56 Å². The summed E-state index contributed by atoms with van der Waals surface area (Å²) in [4.78, 5) is 13.0. The topological polar surface area (TPSA) is 75.2 Å². The first-order valence-electron chi connectivity index (χ1n) is 8.48. The van der Waals surface area contributed by atoms with Crippen LogP contribution in [0.1, 0.15) is 19.0 Å². The number of hydrogen-bond donors (Lipinski definition) is 1. The van der Waals surface area contributed by atoms with E-state index in [0.29, 0.717) is 28.5 Å². The lowest BCUT2D eigenvalue weighted by Gasteiger charge is -2.18. The van der Waals surface area contributed by atoms with Gasteiger partial charge in [0, 0.05) is 16.3 Å². The second-order valence-corrected chi connectivity index (χ2v) is 6.09. The summed E-state index contributed by atoms with van der Waals surface area (Å²) in [6, 6.07) is 16.9. The first-order chi connectivity index (χ1) is 12.6. The fourth-order valence-electron chi connectivity index (χ4n) is 3.08. The molecule has 1 heterocycles. The number of nitriles is 1. The molecule has 1 atom stereocenters. The number of fused-ring (bicyclic) bond motifs is 1. The SMILES string of the molecule is CCC(O)Cn1c(C#N)c(-c2ccccc2)c2cc(OC)ccc2c1=O. The van der Waals surface area contributed by atoms with Crippen LogP contribution >= 0.6 is 0 Å². The second-order valence-electron chi connectivity index (χ2n) is 6.09. The molecular formula is C21H20N2O3. The van der Waals surface area contributed by atoms with Crippen LogP contribution in [0.15, 0.2) is 53.3 Å². The zero-order chi connectivity index (χ0) is 18.7. The lowest BCUT2D eigenvalue weighted by atomic mass is 9.96. The predicted octanol–water partition coefficient (Wildman–Crippen LogP) is 3.32. The van der Waals surface area contributed by atoms with Crippen molar-refractivity contribution >= 4 is 10.8 Å². The molecule has 3 rings (SSSR count). The molecule has 0 radical (unpaired) electrons. The molecule has 3 aromatic rings. The Bertz CT molecular complexity index is 1030. The smallest absolute Gasteiger partial charge is 0.259 e. The summed E-state index contributed by atoms with van der Waals surface area (Å²) in [5.74, 6) is 0.615. The molecule has 0 aliphatic carbocycles. The number of rotatable bonds is 5. The molecule has 0 aliphatic rings. The fraction of sp³-hybridized carbons (Fsp3) is 0.238. The Balaban J connectivity index is 2.45. The Morgan fingerprint density at radius 1 is 1.19 bits per heavy atom. The highest BCUT2D eigenvalue weighted by molar-refractivity contribution is 5.99. The summed E-state index contributed by atoms with van der Waals surface area (Å²) in [5, 5.41) is 21.1. The Hall–Kier alpha value is -3.10. The van der Waals surface area contributed by atoms with E-state index in [-0.39, 0.29) is 17.8 Å². The maximum Gasteiger partial charge on any atom is 0.259 e. The van der Waals surface area contributed by atoms with E-state index in [9.17, 15) is 15.2 Å². The lowest BCUT2D eigenvalue weighted by molar-refractivity contribution is 0.148. The van der Waals surface area contributed by atoms with Crippen molar-refractivity contribution in [1.29, 1.82) is 5.26 Å². The van der Waals surface area contributed by atoms with Gasteiger partial charge in [0.1, 0.15) is 17.5 Å². The first-order valence-corrected chi connectivity index (χ1v) is 8.48. The van der Waals surface area contributed by atoms with Crippen LogP contribution in [0, 0.1) is 11.3 Å². The van der Waals surface area contributed by atoms with Gasteiger partial charge in [-0.3, -0.25) is 9.36 Å². The van der Waals surface area contributed by atoms with Gasteiger partial charge in [-0.05, 0) is 30.2 Å². The third-order valence-electron chi connectivity index (χ3n) is 4.51. The van der Waals surface area contributed by atoms with E-state index >= 15 is 0 Å². The molecule has 0 bridgehead atoms. The van der Waals surface area contributed by atoms with Crippen molar-refractivity contribution in [1.82, 2.24) is 4.57 Å². The third-order valence-corrected chi connectivity index (χ3v) is 4.51. The maximum absolute atomic E-state index is 13.0. The summed E-state index contributed by atoms with van der Waals surface area (Å²) in [6.45, 7) is 1.92. The number of benzene rings is 2. The van der Waals surface area contributed by atoms with Gasteiger partial charge < -0.3 is 9.84 Å². The van der Waals surface area contributed by atoms with Gasteiger partial charge in [-0.1, -0.05) is 37.3 Å². The minimum Gasteiger partial charge on any atom is -0.497 e. The van der Waals surface area contributed by atoms with Crippen LogP contribution in [-0.2, 0) is 6.54 Å². The number of aromatic nitrogens is 1. The van der Waals surface area contributed by atoms with Crippen molar-refractivity contribution in [2.75, 3.05) is 7.11 Å². The number of methoxy groups -OCH3 is 1. The fourth-order valence-corrected chi connectivity index (χ4v) is 3.08. The highest BCUT2D eigenvalue weighted by atomic mass is 16.5. The van der Waals surface area contributed by atoms with Crippen LogP contribution in [0.2, 0.25) is 0 Å². The van der Waals surface area contributed by atoms with Gasteiger partial charge in [0.05, 0.1) is 19.8 Å². The molecule has 1 N–H and O–H groups in total. The average Bonchev–Trinajstić information content (AvgIpc) is 2.69. The highest BCUT2D eigenvalue weighted by Crippen LogP contribution is 2.32. The minimum atomic E-state index is -0.695.